The molecule has 2 aliphatic rings. The monoisotopic (exact) mass is 777 g/mol. The van der Waals surface area contributed by atoms with Gasteiger partial charge in [-0.3, -0.25) is 20.0 Å². The number of aromatic nitrogens is 2. The van der Waals surface area contributed by atoms with Crippen LogP contribution in [0, 0.1) is 11.6 Å². The maximum absolute atomic E-state index is 13.4. The van der Waals surface area contributed by atoms with Gasteiger partial charge in [0.05, 0.1) is 33.5 Å². The van der Waals surface area contributed by atoms with Crippen LogP contribution in [0.25, 0.3) is 21.8 Å². The molecule has 4 aromatic carbocycles. The summed E-state index contributed by atoms with van der Waals surface area (Å²) in [6.07, 6.45) is 4.49. The van der Waals surface area contributed by atoms with E-state index in [4.69, 9.17) is 11.3 Å². The fourth-order valence-corrected chi connectivity index (χ4v) is 7.23. The van der Waals surface area contributed by atoms with E-state index < -0.39 is 8.77 Å². The van der Waals surface area contributed by atoms with Crippen molar-refractivity contribution in [3.8, 4) is 0 Å². The van der Waals surface area contributed by atoms with Crippen LogP contribution in [0.2, 0.25) is 0 Å². The Morgan fingerprint density at radius 2 is 1.16 bits per heavy atom. The summed E-state index contributed by atoms with van der Waals surface area (Å²) < 4.78 is 31.5. The first-order valence-electron chi connectivity index (χ1n) is 16.3. The average Bonchev–Trinajstić information content (AvgIpc) is 3.10. The van der Waals surface area contributed by atoms with Gasteiger partial charge in [0, 0.05) is 65.9 Å². The Kier molecular flexibility index (Phi) is 8.86. The maximum Gasteiger partial charge on any atom is 0.130 e. The van der Waals surface area contributed by atoms with Crippen LogP contribution >= 0.6 is 31.9 Å². The molecule has 0 saturated carbocycles. The van der Waals surface area contributed by atoms with Gasteiger partial charge in [-0.15, -0.1) is 0 Å². The second kappa shape index (κ2) is 13.0. The zero-order valence-electron chi connectivity index (χ0n) is 28.5. The molecule has 0 aliphatic carbocycles. The van der Waals surface area contributed by atoms with Crippen LogP contribution in [0.5, 0.6) is 0 Å². The molecule has 0 unspecified atom stereocenters. The Hall–Kier alpha value is -4.08. The molecular formula is C40H33BBr2F2N4. The topological polar surface area (TPSA) is 50.5 Å². The third-order valence-corrected chi connectivity index (χ3v) is 11.6. The minimum Gasteiger partial charge on any atom is -0.278 e. The van der Waals surface area contributed by atoms with Crippen LogP contribution in [-0.4, -0.2) is 42.2 Å². The molecule has 0 saturated heterocycles. The van der Waals surface area contributed by atoms with Gasteiger partial charge >= 0.3 is 0 Å². The van der Waals surface area contributed by atoms with Gasteiger partial charge in [-0.2, -0.15) is 0 Å². The van der Waals surface area contributed by atoms with Crippen LogP contribution in [-0.2, 0) is 9.65 Å². The average molecular weight is 779 g/mol. The molecule has 2 aliphatic heterocycles. The Morgan fingerprint density at radius 3 is 1.76 bits per heavy atom. The van der Waals surface area contributed by atoms with Gasteiger partial charge < -0.3 is 0 Å². The predicted octanol–water partition coefficient (Wildman–Crippen LogP) is 9.84. The van der Waals surface area contributed by atoms with E-state index in [-0.39, 0.29) is 17.2 Å². The molecule has 0 N–H and O–H groups in total. The van der Waals surface area contributed by atoms with Gasteiger partial charge in [0.25, 0.3) is 0 Å². The fraction of sp³-hybridized carbons (Fsp3) is 0.200. The molecule has 6 aromatic rings. The third-order valence-electron chi connectivity index (χ3n) is 8.83. The molecule has 2 radical (unpaired) electrons. The molecule has 9 heteroatoms. The van der Waals surface area contributed by atoms with Gasteiger partial charge in [0.1, 0.15) is 14.9 Å². The molecular weight excluding hydrogens is 745 g/mol. The van der Waals surface area contributed by atoms with E-state index in [1.807, 2.05) is 30.3 Å². The number of halogens is 4. The summed E-state index contributed by atoms with van der Waals surface area (Å²) >= 11 is 7.63. The Bertz CT molecular complexity index is 2310. The number of hydrogen-bond donors (Lipinski definition) is 0. The van der Waals surface area contributed by atoms with Gasteiger partial charge in [-0.25, -0.2) is 8.78 Å². The number of nitrogens with zero attached hydrogens (tertiary/aromatic N) is 4. The first kappa shape index (κ1) is 33.4. The van der Waals surface area contributed by atoms with Crippen LogP contribution in [0.15, 0.2) is 119 Å². The van der Waals surface area contributed by atoms with E-state index >= 15 is 0 Å². The minimum atomic E-state index is -0.444. The highest BCUT2D eigenvalue weighted by Crippen LogP contribution is 2.53. The van der Waals surface area contributed by atoms with Gasteiger partial charge in [0.15, 0.2) is 0 Å². The summed E-state index contributed by atoms with van der Waals surface area (Å²) in [5.41, 5.74) is 9.18. The van der Waals surface area contributed by atoms with E-state index in [2.05, 4.69) is 108 Å². The normalized spacial score (nSPS) is 16.8. The van der Waals surface area contributed by atoms with E-state index in [9.17, 15) is 8.78 Å². The highest BCUT2D eigenvalue weighted by Gasteiger charge is 2.47. The summed E-state index contributed by atoms with van der Waals surface area (Å²) in [6.45, 7) is 8.45. The van der Waals surface area contributed by atoms with Crippen molar-refractivity contribution in [2.45, 2.75) is 48.4 Å². The predicted molar refractivity (Wildman–Crippen MR) is 206 cm³/mol. The zero-order chi connectivity index (χ0) is 35.8. The maximum atomic E-state index is 13.4. The SMILES string of the molecule is CC1(C)Cc2ccccc2C(c2cnc3cc(F)ccc3c2)=N1.CC1(C)N=C(c2cnc3cc(F)ccc3c2)c2ccccc2C1(Br)Br.[2H][B]. The standard InChI is InChI=1S/C20H15Br2FN2.C20H17FN2.BH/c1-19(2)20(21,22)16-6-4-3-5-15(16)18(25-19)13-9-12-7-8-14(23)10-17(12)24-11-13;1-20(2)11-14-5-3-4-6-17(14)19(23-20)15-9-13-7-8-16(21)10-18(13)22-12-15;/h3-11H,1-2H3;3-10,12H,11H2,1-2H3;1H/i;;1D. The van der Waals surface area contributed by atoms with Gasteiger partial charge in [-0.1, -0.05) is 80.4 Å². The molecule has 0 atom stereocenters. The number of fused-ring (bicyclic) bond motifs is 4. The summed E-state index contributed by atoms with van der Waals surface area (Å²) in [5, 5.41) is 1.82. The number of rotatable bonds is 2. The van der Waals surface area contributed by atoms with E-state index in [1.165, 1.54) is 29.8 Å². The molecule has 4 nitrogen and oxygen atoms in total. The summed E-state index contributed by atoms with van der Waals surface area (Å²) in [5.74, 6) is -0.545. The third kappa shape index (κ3) is 6.63. The number of aliphatic imine (C=N–C) groups is 2. The molecule has 0 fully saturated rings. The summed E-state index contributed by atoms with van der Waals surface area (Å²) in [4.78, 5) is 18.8. The largest absolute Gasteiger partial charge is 0.278 e. The second-order valence-electron chi connectivity index (χ2n) is 13.4. The van der Waals surface area contributed by atoms with Gasteiger partial charge in [0.2, 0.25) is 0 Å². The van der Waals surface area contributed by atoms with E-state index in [0.29, 0.717) is 11.0 Å². The minimum absolute atomic E-state index is 0.137. The van der Waals surface area contributed by atoms with E-state index in [0.717, 1.165) is 56.4 Å². The van der Waals surface area contributed by atoms with Crippen molar-refractivity contribution in [1.29, 1.82) is 1.34 Å². The number of benzene rings is 4. The highest BCUT2D eigenvalue weighted by molar-refractivity contribution is 9.24. The van der Waals surface area contributed by atoms with Crippen molar-refractivity contribution in [3.05, 3.63) is 154 Å². The van der Waals surface area contributed by atoms with Crippen molar-refractivity contribution in [3.63, 3.8) is 0 Å². The van der Waals surface area contributed by atoms with Crippen molar-refractivity contribution in [2.24, 2.45) is 9.98 Å². The van der Waals surface area contributed by atoms with Crippen LogP contribution < -0.4 is 0 Å². The lowest BCUT2D eigenvalue weighted by Gasteiger charge is -2.41. The molecule has 0 amide bonds. The van der Waals surface area contributed by atoms with Crippen molar-refractivity contribution >= 4 is 73.5 Å². The lowest BCUT2D eigenvalue weighted by Crippen LogP contribution is -2.41. The van der Waals surface area contributed by atoms with Crippen molar-refractivity contribution in [1.82, 2.24) is 9.97 Å². The Labute approximate surface area is 305 Å². The fourth-order valence-electron chi connectivity index (χ4n) is 6.37. The smallest absolute Gasteiger partial charge is 0.130 e. The summed E-state index contributed by atoms with van der Waals surface area (Å²) in [6, 6.07) is 30.0. The molecule has 8 rings (SSSR count). The molecule has 0 spiro atoms. The Balaban J connectivity index is 0.000000165. The van der Waals surface area contributed by atoms with Crippen molar-refractivity contribution < 1.29 is 8.78 Å². The second-order valence-corrected chi connectivity index (χ2v) is 16.8. The number of pyridine rings is 2. The lowest BCUT2D eigenvalue weighted by molar-refractivity contribution is 0.485. The first-order valence-corrected chi connectivity index (χ1v) is 17.3. The zero-order valence-corrected chi connectivity index (χ0v) is 30.6. The number of alkyl halides is 2. The molecule has 49 heavy (non-hydrogen) atoms. The summed E-state index contributed by atoms with van der Waals surface area (Å²) in [7, 11) is 3.75. The van der Waals surface area contributed by atoms with Crippen molar-refractivity contribution in [2.75, 3.05) is 0 Å². The molecule has 244 valence electrons. The van der Waals surface area contributed by atoms with E-state index in [1.54, 1.807) is 24.5 Å². The first-order chi connectivity index (χ1) is 23.8. The highest BCUT2D eigenvalue weighted by atomic mass is 79.9. The van der Waals surface area contributed by atoms with Gasteiger partial charge in [-0.05, 0) is 83.0 Å². The van der Waals surface area contributed by atoms with Crippen LogP contribution in [0.4, 0.5) is 8.78 Å². The molecule has 2 aromatic heterocycles. The number of hydrogen-bond acceptors (Lipinski definition) is 4. The van der Waals surface area contributed by atoms with Crippen LogP contribution in [0.3, 0.4) is 0 Å². The Morgan fingerprint density at radius 1 is 0.653 bits per heavy atom. The molecule has 4 heterocycles. The quantitative estimate of drug-likeness (QED) is 0.130. The van der Waals surface area contributed by atoms with Crippen LogP contribution in [0.1, 0.15) is 61.1 Å². The molecule has 0 bridgehead atoms. The lowest BCUT2D eigenvalue weighted by atomic mass is 9.85.